The standard InChI is InChI=1S/C15H22N4S2/c1-10-15(21-8-7-20-10)13(17-16)9-12-11-5-3-4-6-14(11)19(2)18-12/h3-6,10,13,15,17H,7-9,16H2,1-2H3. The van der Waals surface area contributed by atoms with E-state index in [-0.39, 0.29) is 6.04 Å². The molecule has 0 aliphatic carbocycles. The summed E-state index contributed by atoms with van der Waals surface area (Å²) < 4.78 is 1.96. The minimum atomic E-state index is 0.260. The van der Waals surface area contributed by atoms with Crippen molar-refractivity contribution in [1.82, 2.24) is 15.2 Å². The number of fused-ring (bicyclic) bond motifs is 1. The molecule has 0 saturated carbocycles. The molecule has 3 rings (SSSR count). The van der Waals surface area contributed by atoms with E-state index in [0.717, 1.165) is 12.1 Å². The van der Waals surface area contributed by atoms with E-state index in [4.69, 9.17) is 10.9 Å². The predicted octanol–water partition coefficient (Wildman–Crippen LogP) is 2.18. The number of nitrogens with one attached hydrogen (secondary N) is 1. The second-order valence-corrected chi connectivity index (χ2v) is 8.25. The maximum Gasteiger partial charge on any atom is 0.0719 e. The van der Waals surface area contributed by atoms with Crippen LogP contribution >= 0.6 is 23.5 Å². The lowest BCUT2D eigenvalue weighted by Crippen LogP contribution is -2.48. The molecule has 1 saturated heterocycles. The average molecular weight is 323 g/mol. The molecule has 4 nitrogen and oxygen atoms in total. The van der Waals surface area contributed by atoms with Crippen molar-refractivity contribution >= 4 is 34.4 Å². The molecule has 1 aromatic carbocycles. The molecular formula is C15H22N4S2. The first-order valence-corrected chi connectivity index (χ1v) is 9.40. The second-order valence-electron chi connectivity index (χ2n) is 5.48. The fraction of sp³-hybridized carbons (Fsp3) is 0.533. The molecule has 6 heteroatoms. The molecule has 2 aromatic rings. The number of hydrogen-bond acceptors (Lipinski definition) is 5. The largest absolute Gasteiger partial charge is 0.271 e. The average Bonchev–Trinajstić information content (AvgIpc) is 2.82. The molecule has 3 N–H and O–H groups in total. The number of thioether (sulfide) groups is 2. The highest BCUT2D eigenvalue weighted by atomic mass is 32.2. The van der Waals surface area contributed by atoms with Crippen LogP contribution in [0.15, 0.2) is 24.3 Å². The molecule has 114 valence electrons. The van der Waals surface area contributed by atoms with Gasteiger partial charge in [-0.25, -0.2) is 0 Å². The van der Waals surface area contributed by atoms with E-state index in [1.54, 1.807) is 0 Å². The minimum Gasteiger partial charge on any atom is -0.271 e. The highest BCUT2D eigenvalue weighted by Gasteiger charge is 2.30. The first-order valence-electron chi connectivity index (χ1n) is 7.30. The Morgan fingerprint density at radius 1 is 1.38 bits per heavy atom. The first-order chi connectivity index (χ1) is 10.2. The topological polar surface area (TPSA) is 55.9 Å². The summed E-state index contributed by atoms with van der Waals surface area (Å²) in [5, 5.41) is 7.10. The third-order valence-electron chi connectivity index (χ3n) is 4.10. The molecule has 0 amide bonds. The Labute approximate surface area is 134 Å². The van der Waals surface area contributed by atoms with E-state index in [1.165, 1.54) is 22.4 Å². The van der Waals surface area contributed by atoms with Gasteiger partial charge in [0.25, 0.3) is 0 Å². The van der Waals surface area contributed by atoms with E-state index in [0.29, 0.717) is 10.5 Å². The third-order valence-corrected chi connectivity index (χ3v) is 7.35. The van der Waals surface area contributed by atoms with Gasteiger partial charge in [-0.15, -0.1) is 0 Å². The van der Waals surface area contributed by atoms with Gasteiger partial charge in [-0.2, -0.15) is 28.6 Å². The van der Waals surface area contributed by atoms with Gasteiger partial charge >= 0.3 is 0 Å². The lowest BCUT2D eigenvalue weighted by atomic mass is 10.0. The number of aromatic nitrogens is 2. The third kappa shape index (κ3) is 3.08. The van der Waals surface area contributed by atoms with Crippen molar-refractivity contribution in [3.63, 3.8) is 0 Å². The molecule has 0 bridgehead atoms. The molecular weight excluding hydrogens is 300 g/mol. The van der Waals surface area contributed by atoms with Crippen LogP contribution in [0.3, 0.4) is 0 Å². The van der Waals surface area contributed by atoms with Gasteiger partial charge in [0.1, 0.15) is 0 Å². The fourth-order valence-corrected chi connectivity index (χ4v) is 5.95. The van der Waals surface area contributed by atoms with Crippen LogP contribution < -0.4 is 11.3 Å². The van der Waals surface area contributed by atoms with Crippen LogP contribution in [0.5, 0.6) is 0 Å². The normalized spacial score (nSPS) is 24.3. The Balaban J connectivity index is 1.85. The zero-order valence-corrected chi connectivity index (χ0v) is 14.1. The molecule has 1 aliphatic rings. The van der Waals surface area contributed by atoms with E-state index in [1.807, 2.05) is 35.3 Å². The van der Waals surface area contributed by atoms with Crippen molar-refractivity contribution in [3.8, 4) is 0 Å². The summed E-state index contributed by atoms with van der Waals surface area (Å²) >= 11 is 4.08. The number of benzene rings is 1. The van der Waals surface area contributed by atoms with E-state index in [9.17, 15) is 0 Å². The molecule has 2 heterocycles. The zero-order valence-electron chi connectivity index (χ0n) is 12.5. The van der Waals surface area contributed by atoms with Crippen molar-refractivity contribution in [1.29, 1.82) is 0 Å². The van der Waals surface area contributed by atoms with Crippen LogP contribution in [-0.2, 0) is 13.5 Å². The van der Waals surface area contributed by atoms with Crippen LogP contribution in [0, 0.1) is 0 Å². The Kier molecular flexibility index (Phi) is 4.78. The smallest absolute Gasteiger partial charge is 0.0719 e. The zero-order chi connectivity index (χ0) is 14.8. The number of rotatable bonds is 4. The number of para-hydroxylation sites is 1. The molecule has 21 heavy (non-hydrogen) atoms. The summed E-state index contributed by atoms with van der Waals surface area (Å²) in [5.74, 6) is 8.31. The minimum absolute atomic E-state index is 0.260. The first kappa shape index (κ1) is 15.2. The number of hydrazine groups is 1. The molecule has 0 spiro atoms. The van der Waals surface area contributed by atoms with Gasteiger partial charge in [-0.1, -0.05) is 25.1 Å². The molecule has 1 aliphatic heterocycles. The van der Waals surface area contributed by atoms with Gasteiger partial charge < -0.3 is 0 Å². The summed E-state index contributed by atoms with van der Waals surface area (Å²) in [6.07, 6.45) is 0.875. The Bertz CT molecular complexity index is 613. The molecule has 1 aromatic heterocycles. The number of aryl methyl sites for hydroxylation is 1. The predicted molar refractivity (Wildman–Crippen MR) is 93.7 cm³/mol. The number of hydrogen-bond donors (Lipinski definition) is 2. The highest BCUT2D eigenvalue weighted by Crippen LogP contribution is 2.34. The van der Waals surface area contributed by atoms with Crippen molar-refractivity contribution in [2.24, 2.45) is 12.9 Å². The van der Waals surface area contributed by atoms with Crippen molar-refractivity contribution in [2.75, 3.05) is 11.5 Å². The van der Waals surface area contributed by atoms with Gasteiger partial charge in [0, 0.05) is 46.9 Å². The van der Waals surface area contributed by atoms with Crippen LogP contribution in [0.25, 0.3) is 10.9 Å². The fourth-order valence-electron chi connectivity index (χ4n) is 3.01. The maximum absolute atomic E-state index is 5.86. The van der Waals surface area contributed by atoms with E-state index in [2.05, 4.69) is 36.6 Å². The summed E-state index contributed by atoms with van der Waals surface area (Å²) in [7, 11) is 2.00. The monoisotopic (exact) mass is 322 g/mol. The van der Waals surface area contributed by atoms with Crippen LogP contribution in [0.4, 0.5) is 0 Å². The van der Waals surface area contributed by atoms with Crippen molar-refractivity contribution in [3.05, 3.63) is 30.0 Å². The molecule has 1 fully saturated rings. The summed E-state index contributed by atoms with van der Waals surface area (Å²) in [6.45, 7) is 2.31. The van der Waals surface area contributed by atoms with E-state index < -0.39 is 0 Å². The SMILES string of the molecule is CC1SCCSC1C(Cc1nn(C)c2ccccc12)NN. The summed E-state index contributed by atoms with van der Waals surface area (Å²) in [5.41, 5.74) is 5.36. The number of nitrogens with zero attached hydrogens (tertiary/aromatic N) is 2. The Hall–Kier alpha value is -0.690. The van der Waals surface area contributed by atoms with Crippen LogP contribution in [-0.4, -0.2) is 37.8 Å². The Morgan fingerprint density at radius 2 is 2.14 bits per heavy atom. The quantitative estimate of drug-likeness (QED) is 0.667. The number of nitrogens with two attached hydrogens (primary N) is 1. The van der Waals surface area contributed by atoms with E-state index >= 15 is 0 Å². The molecule has 3 atom stereocenters. The summed E-state index contributed by atoms with van der Waals surface area (Å²) in [4.78, 5) is 0. The molecule has 3 unspecified atom stereocenters. The van der Waals surface area contributed by atoms with Gasteiger partial charge in [-0.05, 0) is 6.07 Å². The van der Waals surface area contributed by atoms with Gasteiger partial charge in [-0.3, -0.25) is 16.0 Å². The Morgan fingerprint density at radius 3 is 2.90 bits per heavy atom. The van der Waals surface area contributed by atoms with Gasteiger partial charge in [0.05, 0.1) is 11.2 Å². The van der Waals surface area contributed by atoms with Gasteiger partial charge in [0.15, 0.2) is 0 Å². The summed E-state index contributed by atoms with van der Waals surface area (Å²) in [6, 6.07) is 8.66. The van der Waals surface area contributed by atoms with Gasteiger partial charge in [0.2, 0.25) is 0 Å². The van der Waals surface area contributed by atoms with Crippen molar-refractivity contribution < 1.29 is 0 Å². The highest BCUT2D eigenvalue weighted by molar-refractivity contribution is 8.07. The lowest BCUT2D eigenvalue weighted by Gasteiger charge is -2.33. The van der Waals surface area contributed by atoms with Crippen LogP contribution in [0.2, 0.25) is 0 Å². The molecule has 0 radical (unpaired) electrons. The van der Waals surface area contributed by atoms with Crippen LogP contribution in [0.1, 0.15) is 12.6 Å². The lowest BCUT2D eigenvalue weighted by molar-refractivity contribution is 0.495. The maximum atomic E-state index is 5.86. The second kappa shape index (κ2) is 6.60. The van der Waals surface area contributed by atoms with Crippen molar-refractivity contribution in [2.45, 2.75) is 29.9 Å².